The van der Waals surface area contributed by atoms with Gasteiger partial charge in [0.05, 0.1) is 39.4 Å². The first kappa shape index (κ1) is 16.1. The zero-order chi connectivity index (χ0) is 15.1. The molecule has 1 aromatic rings. The highest BCUT2D eigenvalue weighted by atomic mass is 16.5. The monoisotopic (exact) mass is 279 g/mol. The van der Waals surface area contributed by atoms with Crippen molar-refractivity contribution in [1.82, 2.24) is 0 Å². The van der Waals surface area contributed by atoms with E-state index in [1.165, 1.54) is 21.3 Å². The minimum absolute atomic E-state index is 0.456. The lowest BCUT2D eigenvalue weighted by molar-refractivity contribution is 0.129. The van der Waals surface area contributed by atoms with Gasteiger partial charge in [-0.15, -0.1) is 0 Å². The molecule has 0 aliphatic rings. The molecule has 0 heterocycles. The summed E-state index contributed by atoms with van der Waals surface area (Å²) < 4.78 is 15.7. The molecule has 5 nitrogen and oxygen atoms in total. The standard InChI is InChI=1S/C15H21NO4/c1-5-6-10(9-16)14(17)11-7-12(18-2)15(20-4)13(8-11)19-3/h7-8,10,14,17H,5-6H2,1-4H3. The van der Waals surface area contributed by atoms with Crippen molar-refractivity contribution in [1.29, 1.82) is 5.26 Å². The van der Waals surface area contributed by atoms with Crippen LogP contribution in [0.25, 0.3) is 0 Å². The van der Waals surface area contributed by atoms with Gasteiger partial charge in [-0.05, 0) is 24.1 Å². The Morgan fingerprint density at radius 1 is 1.15 bits per heavy atom. The molecule has 0 aromatic heterocycles. The second-order valence-electron chi connectivity index (χ2n) is 4.43. The number of nitrogens with zero attached hydrogens (tertiary/aromatic N) is 1. The topological polar surface area (TPSA) is 71.7 Å². The molecule has 20 heavy (non-hydrogen) atoms. The predicted molar refractivity (Wildman–Crippen MR) is 75.1 cm³/mol. The molecule has 2 atom stereocenters. The number of methoxy groups -OCH3 is 3. The van der Waals surface area contributed by atoms with Crippen molar-refractivity contribution in [2.45, 2.75) is 25.9 Å². The molecule has 110 valence electrons. The fraction of sp³-hybridized carbons (Fsp3) is 0.533. The molecule has 1 aromatic carbocycles. The lowest BCUT2D eigenvalue weighted by Crippen LogP contribution is -2.11. The summed E-state index contributed by atoms with van der Waals surface area (Å²) in [5, 5.41) is 19.5. The van der Waals surface area contributed by atoms with E-state index in [9.17, 15) is 5.11 Å². The number of hydrogen-bond donors (Lipinski definition) is 1. The van der Waals surface area contributed by atoms with Crippen molar-refractivity contribution in [3.8, 4) is 23.3 Å². The van der Waals surface area contributed by atoms with Gasteiger partial charge in [0.2, 0.25) is 5.75 Å². The Kier molecular flexibility index (Phi) is 6.13. The minimum Gasteiger partial charge on any atom is -0.493 e. The third kappa shape index (κ3) is 3.34. The Hall–Kier alpha value is -1.93. The summed E-state index contributed by atoms with van der Waals surface area (Å²) in [6, 6.07) is 5.49. The van der Waals surface area contributed by atoms with E-state index >= 15 is 0 Å². The van der Waals surface area contributed by atoms with Crippen LogP contribution in [0, 0.1) is 17.2 Å². The Labute approximate surface area is 119 Å². The fourth-order valence-corrected chi connectivity index (χ4v) is 2.11. The van der Waals surface area contributed by atoms with Gasteiger partial charge in [0.1, 0.15) is 0 Å². The molecule has 0 aliphatic heterocycles. The lowest BCUT2D eigenvalue weighted by Gasteiger charge is -2.19. The van der Waals surface area contributed by atoms with E-state index in [1.807, 2.05) is 6.92 Å². The van der Waals surface area contributed by atoms with Crippen LogP contribution in [0.4, 0.5) is 0 Å². The van der Waals surface area contributed by atoms with E-state index in [0.29, 0.717) is 29.2 Å². The normalized spacial score (nSPS) is 13.2. The van der Waals surface area contributed by atoms with Gasteiger partial charge in [0, 0.05) is 0 Å². The molecule has 0 fully saturated rings. The van der Waals surface area contributed by atoms with Gasteiger partial charge in [-0.2, -0.15) is 5.26 Å². The molecule has 0 aliphatic carbocycles. The van der Waals surface area contributed by atoms with E-state index < -0.39 is 12.0 Å². The minimum atomic E-state index is -0.881. The number of hydrogen-bond acceptors (Lipinski definition) is 5. The maximum atomic E-state index is 10.3. The molecule has 0 saturated heterocycles. The highest BCUT2D eigenvalue weighted by Gasteiger charge is 2.23. The van der Waals surface area contributed by atoms with E-state index in [0.717, 1.165) is 6.42 Å². The number of nitriles is 1. The zero-order valence-electron chi connectivity index (χ0n) is 12.3. The SMILES string of the molecule is CCCC(C#N)C(O)c1cc(OC)c(OC)c(OC)c1. The van der Waals surface area contributed by atoms with Crippen LogP contribution >= 0.6 is 0 Å². The van der Waals surface area contributed by atoms with Crippen molar-refractivity contribution in [2.75, 3.05) is 21.3 Å². The average Bonchev–Trinajstić information content (AvgIpc) is 2.50. The van der Waals surface area contributed by atoms with Gasteiger partial charge in [-0.3, -0.25) is 0 Å². The van der Waals surface area contributed by atoms with Crippen LogP contribution in [0.3, 0.4) is 0 Å². The summed E-state index contributed by atoms with van der Waals surface area (Å²) in [5.74, 6) is 0.945. The number of aliphatic hydroxyl groups excluding tert-OH is 1. The van der Waals surface area contributed by atoms with Crippen molar-refractivity contribution in [2.24, 2.45) is 5.92 Å². The Morgan fingerprint density at radius 2 is 1.70 bits per heavy atom. The van der Waals surface area contributed by atoms with Crippen LogP contribution in [-0.2, 0) is 0 Å². The first-order valence-electron chi connectivity index (χ1n) is 6.50. The fourth-order valence-electron chi connectivity index (χ4n) is 2.11. The summed E-state index contributed by atoms with van der Waals surface area (Å²) in [6.07, 6.45) is 0.585. The average molecular weight is 279 g/mol. The van der Waals surface area contributed by atoms with Gasteiger partial charge < -0.3 is 19.3 Å². The van der Waals surface area contributed by atoms with Gasteiger partial charge in [-0.1, -0.05) is 13.3 Å². The molecular formula is C15H21NO4. The number of aliphatic hydroxyl groups is 1. The number of rotatable bonds is 7. The molecule has 1 N–H and O–H groups in total. The van der Waals surface area contributed by atoms with Gasteiger partial charge >= 0.3 is 0 Å². The highest BCUT2D eigenvalue weighted by molar-refractivity contribution is 5.54. The van der Waals surface area contributed by atoms with Crippen LogP contribution < -0.4 is 14.2 Å². The molecule has 0 saturated carbocycles. The van der Waals surface area contributed by atoms with Crippen LogP contribution in [0.1, 0.15) is 31.4 Å². The molecule has 5 heteroatoms. The molecular weight excluding hydrogens is 258 g/mol. The number of ether oxygens (including phenoxy) is 3. The van der Waals surface area contributed by atoms with Crippen LogP contribution in [-0.4, -0.2) is 26.4 Å². The van der Waals surface area contributed by atoms with Gasteiger partial charge in [-0.25, -0.2) is 0 Å². The van der Waals surface area contributed by atoms with Crippen molar-refractivity contribution < 1.29 is 19.3 Å². The smallest absolute Gasteiger partial charge is 0.203 e. The van der Waals surface area contributed by atoms with E-state index in [2.05, 4.69) is 6.07 Å². The maximum absolute atomic E-state index is 10.3. The van der Waals surface area contributed by atoms with E-state index in [4.69, 9.17) is 19.5 Å². The molecule has 0 spiro atoms. The maximum Gasteiger partial charge on any atom is 0.203 e. The first-order valence-corrected chi connectivity index (χ1v) is 6.50. The van der Waals surface area contributed by atoms with Gasteiger partial charge in [0.15, 0.2) is 11.5 Å². The Balaban J connectivity index is 3.22. The molecule has 0 bridgehead atoms. The summed E-state index contributed by atoms with van der Waals surface area (Å²) in [7, 11) is 4.55. The first-order chi connectivity index (χ1) is 9.62. The third-order valence-electron chi connectivity index (χ3n) is 3.18. The largest absolute Gasteiger partial charge is 0.493 e. The Morgan fingerprint density at radius 3 is 2.05 bits per heavy atom. The third-order valence-corrected chi connectivity index (χ3v) is 3.18. The molecule has 1 rings (SSSR count). The second kappa shape index (κ2) is 7.61. The summed E-state index contributed by atoms with van der Waals surface area (Å²) in [5.41, 5.74) is 0.583. The number of benzene rings is 1. The van der Waals surface area contributed by atoms with Crippen LogP contribution in [0.15, 0.2) is 12.1 Å². The van der Waals surface area contributed by atoms with Crippen molar-refractivity contribution in [3.05, 3.63) is 17.7 Å². The van der Waals surface area contributed by atoms with Crippen LogP contribution in [0.5, 0.6) is 17.2 Å². The Bertz CT molecular complexity index is 456. The zero-order valence-corrected chi connectivity index (χ0v) is 12.3. The highest BCUT2D eigenvalue weighted by Crippen LogP contribution is 2.41. The van der Waals surface area contributed by atoms with Gasteiger partial charge in [0.25, 0.3) is 0 Å². The second-order valence-corrected chi connectivity index (χ2v) is 4.43. The summed E-state index contributed by atoms with van der Waals surface area (Å²) in [4.78, 5) is 0. The lowest BCUT2D eigenvalue weighted by atomic mass is 9.92. The van der Waals surface area contributed by atoms with E-state index in [-0.39, 0.29) is 0 Å². The predicted octanol–water partition coefficient (Wildman–Crippen LogP) is 2.69. The summed E-state index contributed by atoms with van der Waals surface area (Å²) in [6.45, 7) is 1.98. The van der Waals surface area contributed by atoms with Crippen LogP contribution in [0.2, 0.25) is 0 Å². The molecule has 2 unspecified atom stereocenters. The molecule has 0 radical (unpaired) electrons. The summed E-state index contributed by atoms with van der Waals surface area (Å²) >= 11 is 0. The molecule has 0 amide bonds. The quantitative estimate of drug-likeness (QED) is 0.830. The van der Waals surface area contributed by atoms with E-state index in [1.54, 1.807) is 12.1 Å². The van der Waals surface area contributed by atoms with Crippen molar-refractivity contribution in [3.63, 3.8) is 0 Å². The van der Waals surface area contributed by atoms with Crippen molar-refractivity contribution >= 4 is 0 Å².